The van der Waals surface area contributed by atoms with E-state index in [0.29, 0.717) is 11.1 Å². The summed E-state index contributed by atoms with van der Waals surface area (Å²) in [6.45, 7) is 6.02. The van der Waals surface area contributed by atoms with Gasteiger partial charge in [0, 0.05) is 17.3 Å². The number of carbonyl (C=O) groups excluding carboxylic acids is 2. The molecular formula is C33H41NO3. The molecule has 0 saturated carbocycles. The number of ether oxygens (including phenoxy) is 1. The third-order valence-corrected chi connectivity index (χ3v) is 6.77. The number of unbranched alkanes of at least 4 members (excludes halogenated alkanes) is 6. The average Bonchev–Trinajstić information content (AvgIpc) is 2.94. The number of carbonyl (C=O) groups is 2. The molecule has 4 heteroatoms. The van der Waals surface area contributed by atoms with Gasteiger partial charge in [0.2, 0.25) is 5.78 Å². The molecule has 0 spiro atoms. The summed E-state index contributed by atoms with van der Waals surface area (Å²) in [5.41, 5.74) is 5.26. The van der Waals surface area contributed by atoms with Crippen molar-refractivity contribution in [3.05, 3.63) is 89.1 Å². The first-order chi connectivity index (χ1) is 18.0. The molecule has 1 heterocycles. The van der Waals surface area contributed by atoms with Crippen LogP contribution < -0.4 is 0 Å². The first kappa shape index (κ1) is 28.3. The number of hydrogen-bond donors (Lipinski definition) is 0. The van der Waals surface area contributed by atoms with Crippen LogP contribution in [-0.4, -0.2) is 22.8 Å². The molecule has 0 aliphatic heterocycles. The summed E-state index contributed by atoms with van der Waals surface area (Å²) < 4.78 is 5.47. The molecule has 2 aromatic carbocycles. The first-order valence-corrected chi connectivity index (χ1v) is 13.9. The zero-order valence-electron chi connectivity index (χ0n) is 22.7. The molecule has 3 aromatic rings. The molecule has 37 heavy (non-hydrogen) atoms. The molecule has 4 nitrogen and oxygen atoms in total. The second-order valence-electron chi connectivity index (χ2n) is 9.86. The number of esters is 1. The Morgan fingerprint density at radius 2 is 1.30 bits per heavy atom. The van der Waals surface area contributed by atoms with E-state index in [-0.39, 0.29) is 5.78 Å². The van der Waals surface area contributed by atoms with Gasteiger partial charge in [-0.2, -0.15) is 0 Å². The lowest BCUT2D eigenvalue weighted by molar-refractivity contribution is 0.0319. The number of benzene rings is 2. The van der Waals surface area contributed by atoms with E-state index in [1.807, 2.05) is 48.7 Å². The van der Waals surface area contributed by atoms with E-state index in [4.69, 9.17) is 4.74 Å². The summed E-state index contributed by atoms with van der Waals surface area (Å²) >= 11 is 0. The highest BCUT2D eigenvalue weighted by atomic mass is 16.5. The molecule has 0 fully saturated rings. The highest BCUT2D eigenvalue weighted by Crippen LogP contribution is 2.20. The van der Waals surface area contributed by atoms with Gasteiger partial charge in [-0.05, 0) is 61.9 Å². The van der Waals surface area contributed by atoms with Crippen molar-refractivity contribution in [2.75, 3.05) is 0 Å². The van der Waals surface area contributed by atoms with Crippen LogP contribution in [0.15, 0.2) is 66.9 Å². The van der Waals surface area contributed by atoms with Crippen molar-refractivity contribution >= 4 is 11.8 Å². The molecule has 0 radical (unpaired) electrons. The van der Waals surface area contributed by atoms with Gasteiger partial charge >= 0.3 is 5.97 Å². The standard InChI is InChI=1S/C33H41NO3/c1-4-6-8-9-10-11-13-27-16-23-31(34-24-27)28-19-21-30(22-20-28)33(36)37-25(3)32(35)29-17-14-26(15-18-29)12-7-5-2/h14-25H,4-13H2,1-3H3. The van der Waals surface area contributed by atoms with E-state index in [2.05, 4.69) is 24.9 Å². The van der Waals surface area contributed by atoms with E-state index in [9.17, 15) is 9.59 Å². The second-order valence-corrected chi connectivity index (χ2v) is 9.86. The summed E-state index contributed by atoms with van der Waals surface area (Å²) in [5, 5.41) is 0. The van der Waals surface area contributed by atoms with Crippen molar-refractivity contribution in [1.29, 1.82) is 0 Å². The average molecular weight is 500 g/mol. The molecular weight excluding hydrogens is 458 g/mol. The van der Waals surface area contributed by atoms with Gasteiger partial charge in [-0.25, -0.2) is 4.79 Å². The highest BCUT2D eigenvalue weighted by molar-refractivity contribution is 6.01. The van der Waals surface area contributed by atoms with Crippen LogP contribution in [0, 0.1) is 0 Å². The number of aromatic nitrogens is 1. The molecule has 1 aromatic heterocycles. The number of hydrogen-bond acceptors (Lipinski definition) is 4. The Bertz CT molecular complexity index is 1100. The minimum absolute atomic E-state index is 0.197. The zero-order chi connectivity index (χ0) is 26.5. The van der Waals surface area contributed by atoms with Crippen molar-refractivity contribution in [2.24, 2.45) is 0 Å². The summed E-state index contributed by atoms with van der Waals surface area (Å²) in [6, 6.07) is 19.0. The molecule has 0 saturated heterocycles. The van der Waals surface area contributed by atoms with Gasteiger partial charge < -0.3 is 4.74 Å². The van der Waals surface area contributed by atoms with Crippen molar-refractivity contribution < 1.29 is 14.3 Å². The van der Waals surface area contributed by atoms with E-state index in [1.165, 1.54) is 49.7 Å². The largest absolute Gasteiger partial charge is 0.451 e. The smallest absolute Gasteiger partial charge is 0.338 e. The highest BCUT2D eigenvalue weighted by Gasteiger charge is 2.20. The zero-order valence-corrected chi connectivity index (χ0v) is 22.7. The minimum atomic E-state index is -0.852. The monoisotopic (exact) mass is 499 g/mol. The van der Waals surface area contributed by atoms with E-state index >= 15 is 0 Å². The lowest BCUT2D eigenvalue weighted by Gasteiger charge is -2.13. The number of nitrogens with zero attached hydrogens (tertiary/aromatic N) is 1. The van der Waals surface area contributed by atoms with E-state index in [1.54, 1.807) is 19.1 Å². The van der Waals surface area contributed by atoms with Crippen molar-refractivity contribution in [3.63, 3.8) is 0 Å². The SMILES string of the molecule is CCCCCCCCc1ccc(-c2ccc(C(=O)OC(C)C(=O)c3ccc(CCCC)cc3)cc2)nc1. The molecule has 0 amide bonds. The van der Waals surface area contributed by atoms with Gasteiger partial charge in [-0.1, -0.05) is 94.8 Å². The number of pyridine rings is 1. The summed E-state index contributed by atoms with van der Waals surface area (Å²) in [7, 11) is 0. The summed E-state index contributed by atoms with van der Waals surface area (Å²) in [6.07, 6.45) is 13.2. The number of rotatable bonds is 15. The number of aryl methyl sites for hydroxylation is 2. The summed E-state index contributed by atoms with van der Waals surface area (Å²) in [5.74, 6) is -0.702. The van der Waals surface area contributed by atoms with Crippen LogP contribution in [0.1, 0.15) is 104 Å². The minimum Gasteiger partial charge on any atom is -0.451 e. The normalized spacial score (nSPS) is 11.8. The third kappa shape index (κ3) is 8.96. The summed E-state index contributed by atoms with van der Waals surface area (Å²) in [4.78, 5) is 30.0. The van der Waals surface area contributed by atoms with Crippen LogP contribution in [0.5, 0.6) is 0 Å². The lowest BCUT2D eigenvalue weighted by Crippen LogP contribution is -2.24. The third-order valence-electron chi connectivity index (χ3n) is 6.77. The predicted molar refractivity (Wildman–Crippen MR) is 151 cm³/mol. The Morgan fingerprint density at radius 3 is 1.95 bits per heavy atom. The fourth-order valence-electron chi connectivity index (χ4n) is 4.36. The maximum absolute atomic E-state index is 12.7. The number of Topliss-reactive ketones (excluding diaryl/α,β-unsaturated/α-hetero) is 1. The van der Waals surface area contributed by atoms with Crippen LogP contribution in [0.25, 0.3) is 11.3 Å². The fourth-order valence-corrected chi connectivity index (χ4v) is 4.36. The van der Waals surface area contributed by atoms with Gasteiger partial charge in [0.05, 0.1) is 11.3 Å². The lowest BCUT2D eigenvalue weighted by atomic mass is 10.0. The Labute approximate surface area is 222 Å². The van der Waals surface area contributed by atoms with E-state index in [0.717, 1.165) is 36.9 Å². The molecule has 1 atom stereocenters. The molecule has 196 valence electrons. The Balaban J connectivity index is 1.50. The van der Waals surface area contributed by atoms with Gasteiger partial charge in [0.1, 0.15) is 0 Å². The van der Waals surface area contributed by atoms with E-state index < -0.39 is 12.1 Å². The van der Waals surface area contributed by atoms with Crippen molar-refractivity contribution in [2.45, 2.75) is 91.1 Å². The predicted octanol–water partition coefficient (Wildman–Crippen LogP) is 8.42. The quantitative estimate of drug-likeness (QED) is 0.120. The maximum Gasteiger partial charge on any atom is 0.338 e. The molecule has 0 bridgehead atoms. The molecule has 0 aliphatic carbocycles. The van der Waals surface area contributed by atoms with Crippen LogP contribution in [-0.2, 0) is 17.6 Å². The second kappa shape index (κ2) is 15.1. The van der Waals surface area contributed by atoms with Gasteiger partial charge in [-0.15, -0.1) is 0 Å². The number of ketones is 1. The molecule has 0 N–H and O–H groups in total. The van der Waals surface area contributed by atoms with Crippen LogP contribution in [0.3, 0.4) is 0 Å². The van der Waals surface area contributed by atoms with Crippen molar-refractivity contribution in [3.8, 4) is 11.3 Å². The van der Waals surface area contributed by atoms with Crippen molar-refractivity contribution in [1.82, 2.24) is 4.98 Å². The van der Waals surface area contributed by atoms with Gasteiger partial charge in [0.25, 0.3) is 0 Å². The van der Waals surface area contributed by atoms with Crippen LogP contribution >= 0.6 is 0 Å². The van der Waals surface area contributed by atoms with Gasteiger partial charge in [0.15, 0.2) is 6.10 Å². The van der Waals surface area contributed by atoms with Crippen LogP contribution in [0.4, 0.5) is 0 Å². The topological polar surface area (TPSA) is 56.3 Å². The molecule has 0 aliphatic rings. The molecule has 3 rings (SSSR count). The Hall–Kier alpha value is -3.27. The first-order valence-electron chi connectivity index (χ1n) is 13.9. The van der Waals surface area contributed by atoms with Gasteiger partial charge in [-0.3, -0.25) is 9.78 Å². The maximum atomic E-state index is 12.7. The Kier molecular flexibility index (Phi) is 11.5. The fraction of sp³-hybridized carbons (Fsp3) is 0.424. The van der Waals surface area contributed by atoms with Crippen LogP contribution in [0.2, 0.25) is 0 Å². The Morgan fingerprint density at radius 1 is 0.703 bits per heavy atom. The molecule has 1 unspecified atom stereocenters.